The lowest BCUT2D eigenvalue weighted by Gasteiger charge is -2.24. The van der Waals surface area contributed by atoms with Crippen molar-refractivity contribution in [1.29, 1.82) is 0 Å². The van der Waals surface area contributed by atoms with Crippen LogP contribution in [-0.2, 0) is 0 Å². The molecule has 1 aromatic rings. The number of rotatable bonds is 1. The van der Waals surface area contributed by atoms with Gasteiger partial charge < -0.3 is 15.3 Å². The van der Waals surface area contributed by atoms with Crippen LogP contribution in [0.5, 0.6) is 5.75 Å². The Balaban J connectivity index is 1.76. The topological polar surface area (TPSA) is 65.5 Å². The number of carbonyl (C=O) groups excluding carboxylic acids is 1. The SMILES string of the molecule is O=C(c1ccncc1O)N1CC2CCCNC2C1. The number of carbonyl (C=O) groups is 1. The zero-order valence-electron chi connectivity index (χ0n) is 10.2. The van der Waals surface area contributed by atoms with E-state index in [1.165, 1.54) is 25.2 Å². The summed E-state index contributed by atoms with van der Waals surface area (Å²) >= 11 is 0. The summed E-state index contributed by atoms with van der Waals surface area (Å²) in [5, 5.41) is 13.1. The van der Waals surface area contributed by atoms with Crippen LogP contribution >= 0.6 is 0 Å². The average molecular weight is 247 g/mol. The number of amides is 1. The molecule has 5 heteroatoms. The summed E-state index contributed by atoms with van der Waals surface area (Å²) in [5.74, 6) is 0.433. The molecule has 0 spiro atoms. The predicted octanol–water partition coefficient (Wildman–Crippen LogP) is 0.611. The highest BCUT2D eigenvalue weighted by Gasteiger charge is 2.37. The van der Waals surface area contributed by atoms with E-state index in [4.69, 9.17) is 0 Å². The van der Waals surface area contributed by atoms with Gasteiger partial charge in [-0.15, -0.1) is 0 Å². The first-order chi connectivity index (χ1) is 8.75. The molecular formula is C13H17N3O2. The van der Waals surface area contributed by atoms with Gasteiger partial charge >= 0.3 is 0 Å². The molecule has 0 aliphatic carbocycles. The Morgan fingerprint density at radius 3 is 3.17 bits per heavy atom. The highest BCUT2D eigenvalue weighted by Crippen LogP contribution is 2.27. The number of nitrogens with zero attached hydrogens (tertiary/aromatic N) is 2. The Labute approximate surface area is 106 Å². The third-order valence-electron chi connectivity index (χ3n) is 3.92. The summed E-state index contributed by atoms with van der Waals surface area (Å²) in [4.78, 5) is 18.0. The molecule has 2 aliphatic rings. The Hall–Kier alpha value is -1.62. The van der Waals surface area contributed by atoms with Crippen molar-refractivity contribution in [2.75, 3.05) is 19.6 Å². The molecule has 2 N–H and O–H groups in total. The fraction of sp³-hybridized carbons (Fsp3) is 0.538. The summed E-state index contributed by atoms with van der Waals surface area (Å²) < 4.78 is 0. The minimum atomic E-state index is -0.0916. The fourth-order valence-corrected chi connectivity index (χ4v) is 2.95. The Kier molecular flexibility index (Phi) is 2.91. The zero-order chi connectivity index (χ0) is 12.5. The van der Waals surface area contributed by atoms with Crippen LogP contribution in [0.4, 0.5) is 0 Å². The van der Waals surface area contributed by atoms with Gasteiger partial charge in [0.25, 0.3) is 5.91 Å². The van der Waals surface area contributed by atoms with Crippen LogP contribution in [0.25, 0.3) is 0 Å². The highest BCUT2D eigenvalue weighted by molar-refractivity contribution is 5.96. The second-order valence-electron chi connectivity index (χ2n) is 5.07. The van der Waals surface area contributed by atoms with E-state index in [-0.39, 0.29) is 11.7 Å². The monoisotopic (exact) mass is 247 g/mol. The fourth-order valence-electron chi connectivity index (χ4n) is 2.95. The number of likely N-dealkylation sites (tertiary alicyclic amines) is 1. The van der Waals surface area contributed by atoms with Crippen molar-refractivity contribution in [2.45, 2.75) is 18.9 Å². The normalized spacial score (nSPS) is 27.0. The molecule has 5 nitrogen and oxygen atoms in total. The van der Waals surface area contributed by atoms with Crippen LogP contribution in [-0.4, -0.2) is 46.6 Å². The van der Waals surface area contributed by atoms with E-state index in [0.29, 0.717) is 17.5 Å². The summed E-state index contributed by atoms with van der Waals surface area (Å²) in [5.41, 5.74) is 0.351. The minimum absolute atomic E-state index is 0.0367. The molecule has 2 saturated heterocycles. The molecular weight excluding hydrogens is 230 g/mol. The van der Waals surface area contributed by atoms with E-state index >= 15 is 0 Å². The van der Waals surface area contributed by atoms with Crippen molar-refractivity contribution in [1.82, 2.24) is 15.2 Å². The summed E-state index contributed by atoms with van der Waals surface area (Å²) in [6.45, 7) is 2.58. The summed E-state index contributed by atoms with van der Waals surface area (Å²) in [6.07, 6.45) is 5.22. The molecule has 2 unspecified atom stereocenters. The lowest BCUT2D eigenvalue weighted by atomic mass is 9.94. The van der Waals surface area contributed by atoms with Gasteiger partial charge in [0.15, 0.2) is 0 Å². The maximum absolute atomic E-state index is 12.3. The van der Waals surface area contributed by atoms with E-state index in [0.717, 1.165) is 19.6 Å². The highest BCUT2D eigenvalue weighted by atomic mass is 16.3. The van der Waals surface area contributed by atoms with Gasteiger partial charge in [-0.25, -0.2) is 0 Å². The Morgan fingerprint density at radius 1 is 1.50 bits per heavy atom. The van der Waals surface area contributed by atoms with Crippen molar-refractivity contribution in [3.05, 3.63) is 24.0 Å². The zero-order valence-corrected chi connectivity index (χ0v) is 10.2. The van der Waals surface area contributed by atoms with Crippen LogP contribution in [0.2, 0.25) is 0 Å². The first kappa shape index (κ1) is 11.5. The summed E-state index contributed by atoms with van der Waals surface area (Å²) in [6, 6.07) is 2.00. The van der Waals surface area contributed by atoms with Crippen LogP contribution in [0.1, 0.15) is 23.2 Å². The van der Waals surface area contributed by atoms with Crippen molar-refractivity contribution in [2.24, 2.45) is 5.92 Å². The van der Waals surface area contributed by atoms with Gasteiger partial charge in [0.2, 0.25) is 0 Å². The number of piperidine rings is 1. The Bertz CT molecular complexity index is 449. The van der Waals surface area contributed by atoms with Crippen molar-refractivity contribution >= 4 is 5.91 Å². The molecule has 3 heterocycles. The van der Waals surface area contributed by atoms with E-state index in [2.05, 4.69) is 10.3 Å². The number of hydrogen-bond donors (Lipinski definition) is 2. The van der Waals surface area contributed by atoms with Crippen LogP contribution < -0.4 is 5.32 Å². The maximum atomic E-state index is 12.3. The molecule has 0 aromatic carbocycles. The lowest BCUT2D eigenvalue weighted by Crippen LogP contribution is -2.41. The number of aromatic nitrogens is 1. The molecule has 3 rings (SSSR count). The number of nitrogens with one attached hydrogen (secondary N) is 1. The van der Waals surface area contributed by atoms with E-state index in [9.17, 15) is 9.90 Å². The number of hydrogen-bond acceptors (Lipinski definition) is 4. The molecule has 0 radical (unpaired) electrons. The number of pyridine rings is 1. The van der Waals surface area contributed by atoms with Gasteiger partial charge in [0.1, 0.15) is 5.75 Å². The van der Waals surface area contributed by atoms with Gasteiger partial charge in [0, 0.05) is 25.3 Å². The second-order valence-corrected chi connectivity index (χ2v) is 5.07. The molecule has 2 atom stereocenters. The summed E-state index contributed by atoms with van der Waals surface area (Å²) in [7, 11) is 0. The van der Waals surface area contributed by atoms with Crippen molar-refractivity contribution in [3.8, 4) is 5.75 Å². The van der Waals surface area contributed by atoms with Crippen LogP contribution in [0.15, 0.2) is 18.5 Å². The molecule has 0 saturated carbocycles. The molecule has 18 heavy (non-hydrogen) atoms. The van der Waals surface area contributed by atoms with Gasteiger partial charge in [0.05, 0.1) is 11.8 Å². The molecule has 0 bridgehead atoms. The average Bonchev–Trinajstić information content (AvgIpc) is 2.82. The predicted molar refractivity (Wildman–Crippen MR) is 66.3 cm³/mol. The maximum Gasteiger partial charge on any atom is 0.257 e. The van der Waals surface area contributed by atoms with Crippen molar-refractivity contribution in [3.63, 3.8) is 0 Å². The van der Waals surface area contributed by atoms with E-state index in [1.54, 1.807) is 6.07 Å². The van der Waals surface area contributed by atoms with Gasteiger partial charge in [-0.1, -0.05) is 0 Å². The van der Waals surface area contributed by atoms with Crippen LogP contribution in [0, 0.1) is 5.92 Å². The molecule has 2 aliphatic heterocycles. The molecule has 1 aromatic heterocycles. The third-order valence-corrected chi connectivity index (χ3v) is 3.92. The van der Waals surface area contributed by atoms with E-state index < -0.39 is 0 Å². The molecule has 2 fully saturated rings. The standard InChI is InChI=1S/C13H17N3O2/c17-12-6-14-5-3-10(12)13(18)16-7-9-2-1-4-15-11(9)8-16/h3,5-6,9,11,15,17H,1-2,4,7-8H2. The van der Waals surface area contributed by atoms with Crippen LogP contribution in [0.3, 0.4) is 0 Å². The first-order valence-electron chi connectivity index (χ1n) is 6.41. The number of fused-ring (bicyclic) bond motifs is 1. The largest absolute Gasteiger partial charge is 0.505 e. The lowest BCUT2D eigenvalue weighted by molar-refractivity contribution is 0.0782. The van der Waals surface area contributed by atoms with Crippen molar-refractivity contribution < 1.29 is 9.90 Å². The quantitative estimate of drug-likeness (QED) is 0.763. The van der Waals surface area contributed by atoms with Gasteiger partial charge in [-0.05, 0) is 31.4 Å². The minimum Gasteiger partial charge on any atom is -0.505 e. The molecule has 96 valence electrons. The van der Waals surface area contributed by atoms with E-state index in [1.807, 2.05) is 4.90 Å². The molecule has 1 amide bonds. The first-order valence-corrected chi connectivity index (χ1v) is 6.41. The van der Waals surface area contributed by atoms with Gasteiger partial charge in [-0.3, -0.25) is 9.78 Å². The third kappa shape index (κ3) is 1.95. The smallest absolute Gasteiger partial charge is 0.257 e. The second kappa shape index (κ2) is 4.57. The van der Waals surface area contributed by atoms with Gasteiger partial charge in [-0.2, -0.15) is 0 Å². The number of aromatic hydroxyl groups is 1. The Morgan fingerprint density at radius 2 is 2.39 bits per heavy atom.